The molecule has 5 heteroatoms. The number of anilines is 1. The zero-order valence-electron chi connectivity index (χ0n) is 11.1. The third kappa shape index (κ3) is 3.28. The van der Waals surface area contributed by atoms with Crippen molar-refractivity contribution in [2.75, 3.05) is 25.6 Å². The molecule has 2 rings (SSSR count). The van der Waals surface area contributed by atoms with E-state index in [1.54, 1.807) is 13.3 Å². The van der Waals surface area contributed by atoms with Crippen molar-refractivity contribution in [1.82, 2.24) is 9.55 Å². The summed E-state index contributed by atoms with van der Waals surface area (Å²) in [6.45, 7) is 3.47. The monoisotopic (exact) mass is 279 g/mol. The first-order valence-corrected chi connectivity index (χ1v) is 6.62. The molecule has 102 valence electrons. The van der Waals surface area contributed by atoms with Gasteiger partial charge in [0.1, 0.15) is 0 Å². The Balaban J connectivity index is 2.18. The lowest BCUT2D eigenvalue weighted by atomic mass is 10.1. The largest absolute Gasteiger partial charge is 0.383 e. The quantitative estimate of drug-likeness (QED) is 0.826. The molecule has 0 aliphatic carbocycles. The van der Waals surface area contributed by atoms with E-state index in [9.17, 15) is 0 Å². The van der Waals surface area contributed by atoms with Gasteiger partial charge >= 0.3 is 0 Å². The van der Waals surface area contributed by atoms with Crippen LogP contribution < -0.4 is 5.32 Å². The van der Waals surface area contributed by atoms with Gasteiger partial charge in [0.15, 0.2) is 0 Å². The van der Waals surface area contributed by atoms with E-state index in [0.29, 0.717) is 6.61 Å². The molecule has 0 radical (unpaired) electrons. The predicted molar refractivity (Wildman–Crippen MR) is 77.9 cm³/mol. The molecule has 1 aromatic heterocycles. The summed E-state index contributed by atoms with van der Waals surface area (Å²) in [6.07, 6.45) is 3.73. The Morgan fingerprint density at radius 3 is 2.95 bits per heavy atom. The van der Waals surface area contributed by atoms with Crippen LogP contribution in [0.2, 0.25) is 5.02 Å². The van der Waals surface area contributed by atoms with Gasteiger partial charge in [0.25, 0.3) is 0 Å². The molecule has 0 saturated carbocycles. The van der Waals surface area contributed by atoms with Crippen molar-refractivity contribution in [3.05, 3.63) is 47.2 Å². The molecule has 1 heterocycles. The molecular weight excluding hydrogens is 262 g/mol. The highest BCUT2D eigenvalue weighted by molar-refractivity contribution is 6.31. The lowest BCUT2D eigenvalue weighted by Crippen LogP contribution is -2.15. The number of nitrogens with zero attached hydrogens (tertiary/aromatic N) is 2. The lowest BCUT2D eigenvalue weighted by Gasteiger charge is -2.18. The van der Waals surface area contributed by atoms with Gasteiger partial charge in [-0.05, 0) is 18.6 Å². The van der Waals surface area contributed by atoms with Gasteiger partial charge < -0.3 is 14.6 Å². The molecular formula is C14H18ClN3O. The first-order valence-electron chi connectivity index (χ1n) is 6.24. The van der Waals surface area contributed by atoms with Gasteiger partial charge in [-0.2, -0.15) is 0 Å². The summed E-state index contributed by atoms with van der Waals surface area (Å²) in [5.41, 5.74) is 1.08. The van der Waals surface area contributed by atoms with Gasteiger partial charge in [-0.1, -0.05) is 29.8 Å². The van der Waals surface area contributed by atoms with Crippen LogP contribution in [0.1, 0.15) is 18.5 Å². The van der Waals surface area contributed by atoms with Crippen molar-refractivity contribution >= 4 is 17.5 Å². The van der Waals surface area contributed by atoms with Crippen molar-refractivity contribution in [3.63, 3.8) is 0 Å². The molecule has 0 amide bonds. The highest BCUT2D eigenvalue weighted by atomic mass is 35.5. The minimum atomic E-state index is 0.126. The number of hydrogen-bond acceptors (Lipinski definition) is 3. The van der Waals surface area contributed by atoms with E-state index < -0.39 is 0 Å². The number of aromatic nitrogens is 2. The number of halogens is 1. The van der Waals surface area contributed by atoms with E-state index in [1.807, 2.05) is 30.5 Å². The molecule has 0 fully saturated rings. The Kier molecular flexibility index (Phi) is 4.82. The number of imidazole rings is 1. The molecule has 0 aliphatic heterocycles. The Morgan fingerprint density at radius 2 is 2.21 bits per heavy atom. The Morgan fingerprint density at radius 1 is 1.42 bits per heavy atom. The average molecular weight is 280 g/mol. The topological polar surface area (TPSA) is 39.1 Å². The van der Waals surface area contributed by atoms with Crippen LogP contribution in [-0.2, 0) is 4.74 Å². The summed E-state index contributed by atoms with van der Waals surface area (Å²) >= 11 is 6.24. The lowest BCUT2D eigenvalue weighted by molar-refractivity contribution is 0.210. The van der Waals surface area contributed by atoms with Crippen LogP contribution in [0.25, 0.3) is 0 Å². The highest BCUT2D eigenvalue weighted by Gasteiger charge is 2.14. The van der Waals surface area contributed by atoms with Crippen LogP contribution in [0.3, 0.4) is 0 Å². The van der Waals surface area contributed by atoms with Crippen LogP contribution in [0.4, 0.5) is 5.95 Å². The molecule has 1 N–H and O–H groups in total. The fourth-order valence-electron chi connectivity index (χ4n) is 1.99. The predicted octanol–water partition coefficient (Wildman–Crippen LogP) is 3.20. The van der Waals surface area contributed by atoms with Gasteiger partial charge in [0.05, 0.1) is 12.6 Å². The molecule has 4 nitrogen and oxygen atoms in total. The third-order valence-corrected chi connectivity index (χ3v) is 3.37. The molecule has 1 atom stereocenters. The molecule has 0 spiro atoms. The van der Waals surface area contributed by atoms with Crippen molar-refractivity contribution in [2.24, 2.45) is 0 Å². The first-order chi connectivity index (χ1) is 9.24. The van der Waals surface area contributed by atoms with Crippen LogP contribution in [0.15, 0.2) is 36.7 Å². The highest BCUT2D eigenvalue weighted by Crippen LogP contribution is 2.27. The maximum absolute atomic E-state index is 6.24. The van der Waals surface area contributed by atoms with Crippen LogP contribution in [0.5, 0.6) is 0 Å². The van der Waals surface area contributed by atoms with E-state index in [1.165, 1.54) is 0 Å². The summed E-state index contributed by atoms with van der Waals surface area (Å²) < 4.78 is 7.09. The molecule has 1 unspecified atom stereocenters. The average Bonchev–Trinajstić information content (AvgIpc) is 2.87. The zero-order chi connectivity index (χ0) is 13.7. The van der Waals surface area contributed by atoms with Gasteiger partial charge in [-0.25, -0.2) is 4.98 Å². The summed E-state index contributed by atoms with van der Waals surface area (Å²) in [6, 6.07) is 7.99. The summed E-state index contributed by atoms with van der Waals surface area (Å²) in [4.78, 5) is 4.32. The fraction of sp³-hybridized carbons (Fsp3) is 0.357. The van der Waals surface area contributed by atoms with Crippen LogP contribution >= 0.6 is 11.6 Å². The summed E-state index contributed by atoms with van der Waals surface area (Å²) in [5.74, 6) is 0.824. The number of benzene rings is 1. The Hall–Kier alpha value is -1.52. The van der Waals surface area contributed by atoms with E-state index in [-0.39, 0.29) is 6.04 Å². The van der Waals surface area contributed by atoms with Gasteiger partial charge in [0.2, 0.25) is 5.95 Å². The maximum atomic E-state index is 6.24. The number of nitrogens with one attached hydrogen (secondary N) is 1. The number of rotatable bonds is 6. The van der Waals surface area contributed by atoms with Gasteiger partial charge in [0, 0.05) is 31.1 Å². The molecule has 0 aliphatic rings. The van der Waals surface area contributed by atoms with Crippen LogP contribution in [-0.4, -0.2) is 29.8 Å². The standard InChI is InChI=1S/C14H18ClN3O/c1-11(12-5-3-4-6-13(12)15)18-9-7-16-14(18)17-8-10-19-2/h3-7,9,11H,8,10H2,1-2H3,(H,16,17). The minimum Gasteiger partial charge on any atom is -0.383 e. The Labute approximate surface area is 118 Å². The minimum absolute atomic E-state index is 0.126. The zero-order valence-corrected chi connectivity index (χ0v) is 11.9. The maximum Gasteiger partial charge on any atom is 0.203 e. The second-order valence-corrected chi connectivity index (χ2v) is 4.68. The second-order valence-electron chi connectivity index (χ2n) is 4.28. The summed E-state index contributed by atoms with van der Waals surface area (Å²) in [5, 5.41) is 4.02. The molecule has 1 aromatic carbocycles. The summed E-state index contributed by atoms with van der Waals surface area (Å²) in [7, 11) is 1.68. The van der Waals surface area contributed by atoms with Crippen molar-refractivity contribution in [1.29, 1.82) is 0 Å². The third-order valence-electron chi connectivity index (χ3n) is 3.03. The van der Waals surface area contributed by atoms with Crippen molar-refractivity contribution in [2.45, 2.75) is 13.0 Å². The molecule has 19 heavy (non-hydrogen) atoms. The van der Waals surface area contributed by atoms with Crippen LogP contribution in [0, 0.1) is 0 Å². The van der Waals surface area contributed by atoms with Crippen molar-refractivity contribution < 1.29 is 4.74 Å². The van der Waals surface area contributed by atoms with E-state index in [2.05, 4.69) is 21.8 Å². The molecule has 2 aromatic rings. The smallest absolute Gasteiger partial charge is 0.203 e. The first kappa shape index (κ1) is 13.9. The second kappa shape index (κ2) is 6.59. The van der Waals surface area contributed by atoms with E-state index >= 15 is 0 Å². The molecule has 0 saturated heterocycles. The number of hydrogen-bond donors (Lipinski definition) is 1. The SMILES string of the molecule is COCCNc1nccn1C(C)c1ccccc1Cl. The van der Waals surface area contributed by atoms with Crippen molar-refractivity contribution in [3.8, 4) is 0 Å². The van der Waals surface area contributed by atoms with Gasteiger partial charge in [-0.3, -0.25) is 0 Å². The number of methoxy groups -OCH3 is 1. The number of ether oxygens (including phenoxy) is 1. The van der Waals surface area contributed by atoms with E-state index in [0.717, 1.165) is 23.1 Å². The fourth-order valence-corrected chi connectivity index (χ4v) is 2.28. The Bertz CT molecular complexity index is 527. The van der Waals surface area contributed by atoms with Gasteiger partial charge in [-0.15, -0.1) is 0 Å². The molecule has 0 bridgehead atoms. The normalized spacial score (nSPS) is 12.4. The van der Waals surface area contributed by atoms with E-state index in [4.69, 9.17) is 16.3 Å².